The van der Waals surface area contributed by atoms with E-state index in [1.807, 2.05) is 30.3 Å². The summed E-state index contributed by atoms with van der Waals surface area (Å²) in [6.45, 7) is 3.12. The molecule has 0 bridgehead atoms. The zero-order chi connectivity index (χ0) is 28.7. The van der Waals surface area contributed by atoms with E-state index in [1.165, 1.54) is 4.90 Å². The lowest BCUT2D eigenvalue weighted by atomic mass is 10.0. The first-order chi connectivity index (χ1) is 18.4. The third-order valence-corrected chi connectivity index (χ3v) is 8.44. The number of amides is 2. The number of nitrogens with one attached hydrogen (secondary N) is 1. The molecule has 2 amide bonds. The van der Waals surface area contributed by atoms with Gasteiger partial charge in [-0.1, -0.05) is 77.3 Å². The normalized spacial score (nSPS) is 12.1. The Bertz CT molecular complexity index is 1410. The Balaban J connectivity index is 2.11. The third kappa shape index (κ3) is 7.88. The molecule has 1 N–H and O–H groups in total. The van der Waals surface area contributed by atoms with Crippen LogP contribution in [0.4, 0.5) is 5.69 Å². The molecule has 0 saturated carbocycles. The van der Waals surface area contributed by atoms with Gasteiger partial charge in [0.25, 0.3) is 0 Å². The number of sulfonamides is 1. The first kappa shape index (κ1) is 30.8. The molecule has 11 heteroatoms. The maximum Gasteiger partial charge on any atom is 0.244 e. The monoisotopic (exact) mass is 609 g/mol. The number of hydrogen-bond donors (Lipinski definition) is 1. The zero-order valence-corrected chi connectivity index (χ0v) is 24.9. The van der Waals surface area contributed by atoms with Gasteiger partial charge in [-0.25, -0.2) is 8.42 Å². The molecule has 3 rings (SSSR count). The average Bonchev–Trinajstić information content (AvgIpc) is 2.88. The van der Waals surface area contributed by atoms with Gasteiger partial charge < -0.3 is 10.2 Å². The number of rotatable bonds is 11. The van der Waals surface area contributed by atoms with Gasteiger partial charge in [-0.15, -0.1) is 0 Å². The predicted molar refractivity (Wildman–Crippen MR) is 158 cm³/mol. The Morgan fingerprint density at radius 2 is 1.49 bits per heavy atom. The molecular formula is C28H30Cl3N3O4S. The van der Waals surface area contributed by atoms with Crippen molar-refractivity contribution in [1.82, 2.24) is 10.2 Å². The summed E-state index contributed by atoms with van der Waals surface area (Å²) in [6.07, 6.45) is 1.21. The molecule has 39 heavy (non-hydrogen) atoms. The molecule has 1 unspecified atom stereocenters. The lowest BCUT2D eigenvalue weighted by Crippen LogP contribution is -2.53. The first-order valence-electron chi connectivity index (χ1n) is 12.2. The van der Waals surface area contributed by atoms with Crippen LogP contribution in [0.5, 0.6) is 0 Å². The van der Waals surface area contributed by atoms with Crippen LogP contribution in [0.2, 0.25) is 15.1 Å². The van der Waals surface area contributed by atoms with E-state index in [4.69, 9.17) is 34.8 Å². The standard InChI is InChI=1S/C28H30Cl3N3O4S/c1-4-32-28(36)26(16-20-10-6-5-7-11-20)33(17-21-23(30)13-8-14-24(21)31)27(35)18-34(39(3,37)38)25-15-9-12-22(29)19(25)2/h5-15,26H,4,16-18H2,1-3H3,(H,32,36). The minimum atomic E-state index is -3.92. The van der Waals surface area contributed by atoms with Gasteiger partial charge in [0, 0.05) is 40.1 Å². The SMILES string of the molecule is CCNC(=O)C(Cc1ccccc1)N(Cc1c(Cl)cccc1Cl)C(=O)CN(c1cccc(Cl)c1C)S(C)(=O)=O. The van der Waals surface area contributed by atoms with Crippen molar-refractivity contribution in [1.29, 1.82) is 0 Å². The lowest BCUT2D eigenvalue weighted by molar-refractivity contribution is -0.140. The van der Waals surface area contributed by atoms with Crippen LogP contribution in [0.1, 0.15) is 23.6 Å². The summed E-state index contributed by atoms with van der Waals surface area (Å²) < 4.78 is 26.8. The van der Waals surface area contributed by atoms with Crippen molar-refractivity contribution >= 4 is 62.3 Å². The summed E-state index contributed by atoms with van der Waals surface area (Å²) in [7, 11) is -3.92. The van der Waals surface area contributed by atoms with Crippen molar-refractivity contribution in [2.24, 2.45) is 0 Å². The van der Waals surface area contributed by atoms with E-state index in [1.54, 1.807) is 50.2 Å². The van der Waals surface area contributed by atoms with Crippen molar-refractivity contribution in [2.75, 3.05) is 23.7 Å². The fraction of sp³-hybridized carbons (Fsp3) is 0.286. The number of carbonyl (C=O) groups is 2. The summed E-state index contributed by atoms with van der Waals surface area (Å²) in [4.78, 5) is 28.8. The van der Waals surface area contributed by atoms with E-state index in [-0.39, 0.29) is 24.6 Å². The van der Waals surface area contributed by atoms with E-state index in [2.05, 4.69) is 5.32 Å². The summed E-state index contributed by atoms with van der Waals surface area (Å²) >= 11 is 19.2. The van der Waals surface area contributed by atoms with Crippen LogP contribution in [0.15, 0.2) is 66.7 Å². The van der Waals surface area contributed by atoms with E-state index in [0.717, 1.165) is 16.1 Å². The van der Waals surface area contributed by atoms with Crippen molar-refractivity contribution < 1.29 is 18.0 Å². The fourth-order valence-electron chi connectivity index (χ4n) is 4.16. The molecule has 0 radical (unpaired) electrons. The molecule has 7 nitrogen and oxygen atoms in total. The van der Waals surface area contributed by atoms with E-state index in [0.29, 0.717) is 32.7 Å². The smallest absolute Gasteiger partial charge is 0.244 e. The topological polar surface area (TPSA) is 86.8 Å². The maximum atomic E-state index is 14.1. The van der Waals surface area contributed by atoms with Crippen LogP contribution >= 0.6 is 34.8 Å². The van der Waals surface area contributed by atoms with Gasteiger partial charge in [0.2, 0.25) is 21.8 Å². The van der Waals surface area contributed by atoms with Crippen LogP contribution in [-0.4, -0.2) is 50.5 Å². The average molecular weight is 611 g/mol. The van der Waals surface area contributed by atoms with Gasteiger partial charge in [0.1, 0.15) is 12.6 Å². The van der Waals surface area contributed by atoms with Crippen LogP contribution in [0, 0.1) is 6.92 Å². The fourth-order valence-corrected chi connectivity index (χ4v) is 5.75. The van der Waals surface area contributed by atoms with E-state index in [9.17, 15) is 18.0 Å². The Labute approximate surface area is 244 Å². The number of benzene rings is 3. The van der Waals surface area contributed by atoms with Gasteiger partial charge in [0.05, 0.1) is 11.9 Å². The number of halogens is 3. The Morgan fingerprint density at radius 1 is 0.897 bits per heavy atom. The summed E-state index contributed by atoms with van der Waals surface area (Å²) in [5, 5.41) is 3.80. The summed E-state index contributed by atoms with van der Waals surface area (Å²) in [6, 6.07) is 18.1. The highest BCUT2D eigenvalue weighted by Gasteiger charge is 2.34. The second-order valence-corrected chi connectivity index (χ2v) is 12.1. The molecule has 3 aromatic carbocycles. The van der Waals surface area contributed by atoms with Crippen LogP contribution in [0.3, 0.4) is 0 Å². The molecule has 208 valence electrons. The molecule has 0 aliphatic heterocycles. The Hall–Kier alpha value is -2.78. The number of hydrogen-bond acceptors (Lipinski definition) is 4. The number of carbonyl (C=O) groups excluding carboxylic acids is 2. The highest BCUT2D eigenvalue weighted by atomic mass is 35.5. The molecule has 0 saturated heterocycles. The molecule has 3 aromatic rings. The van der Waals surface area contributed by atoms with Crippen molar-refractivity contribution in [3.05, 3.63) is 98.5 Å². The highest BCUT2D eigenvalue weighted by Crippen LogP contribution is 2.30. The third-order valence-electron chi connectivity index (χ3n) is 6.20. The molecule has 0 fully saturated rings. The highest BCUT2D eigenvalue weighted by molar-refractivity contribution is 7.92. The number of anilines is 1. The van der Waals surface area contributed by atoms with Gasteiger partial charge in [0.15, 0.2) is 0 Å². The largest absolute Gasteiger partial charge is 0.355 e. The predicted octanol–water partition coefficient (Wildman–Crippen LogP) is 5.50. The lowest BCUT2D eigenvalue weighted by Gasteiger charge is -2.34. The number of likely N-dealkylation sites (N-methyl/N-ethyl adjacent to an activating group) is 1. The molecule has 0 aromatic heterocycles. The second-order valence-electron chi connectivity index (χ2n) is 8.98. The molecular weight excluding hydrogens is 581 g/mol. The minimum absolute atomic E-state index is 0.113. The summed E-state index contributed by atoms with van der Waals surface area (Å²) in [5.74, 6) is -0.995. The van der Waals surface area contributed by atoms with Crippen LogP contribution < -0.4 is 9.62 Å². The molecule has 0 spiro atoms. The Kier molecular flexibility index (Phi) is 10.7. The van der Waals surface area contributed by atoms with E-state index >= 15 is 0 Å². The van der Waals surface area contributed by atoms with Gasteiger partial charge in [-0.3, -0.25) is 13.9 Å². The Morgan fingerprint density at radius 3 is 2.08 bits per heavy atom. The molecule has 0 heterocycles. The van der Waals surface area contributed by atoms with E-state index < -0.39 is 28.5 Å². The summed E-state index contributed by atoms with van der Waals surface area (Å²) in [5.41, 5.74) is 2.04. The first-order valence-corrected chi connectivity index (χ1v) is 15.2. The molecule has 1 atom stereocenters. The molecule has 0 aliphatic rings. The second kappa shape index (κ2) is 13.5. The number of nitrogens with zero attached hydrogens (tertiary/aromatic N) is 2. The minimum Gasteiger partial charge on any atom is -0.355 e. The quantitative estimate of drug-likeness (QED) is 0.311. The molecule has 0 aliphatic carbocycles. The van der Waals surface area contributed by atoms with Crippen molar-refractivity contribution in [3.63, 3.8) is 0 Å². The van der Waals surface area contributed by atoms with Crippen molar-refractivity contribution in [2.45, 2.75) is 32.9 Å². The van der Waals surface area contributed by atoms with Crippen LogP contribution in [-0.2, 0) is 32.6 Å². The zero-order valence-electron chi connectivity index (χ0n) is 21.8. The van der Waals surface area contributed by atoms with Crippen LogP contribution in [0.25, 0.3) is 0 Å². The van der Waals surface area contributed by atoms with Gasteiger partial charge in [-0.2, -0.15) is 0 Å². The van der Waals surface area contributed by atoms with Gasteiger partial charge >= 0.3 is 0 Å². The van der Waals surface area contributed by atoms with Gasteiger partial charge in [-0.05, 0) is 49.2 Å². The van der Waals surface area contributed by atoms with Crippen molar-refractivity contribution in [3.8, 4) is 0 Å². The maximum absolute atomic E-state index is 14.1.